The van der Waals surface area contributed by atoms with Crippen LogP contribution in [0, 0.1) is 13.9 Å². The van der Waals surface area contributed by atoms with Gasteiger partial charge in [0.1, 0.15) is 0 Å². The van der Waals surface area contributed by atoms with E-state index in [2.05, 4.69) is 14.9 Å². The van der Waals surface area contributed by atoms with Gasteiger partial charge in [-0.05, 0) is 0 Å². The Kier molecular flexibility index (Phi) is 10.6. The first-order chi connectivity index (χ1) is 17.5. The number of hydrogen-bond donors (Lipinski definition) is 3. The van der Waals surface area contributed by atoms with Crippen LogP contribution in [0.2, 0.25) is 0 Å². The number of sulfonamides is 1. The van der Waals surface area contributed by atoms with Crippen LogP contribution in [0.3, 0.4) is 0 Å². The SMILES string of the molecule is CN(C)CC[C@H](CSc1ccccc1)Nc1ccc(S(=O)(=O)NC(=O)C2(C)CCCC2)cc1[I-][N+](=O)O. The van der Waals surface area contributed by atoms with Gasteiger partial charge in [0.05, 0.1) is 0 Å². The summed E-state index contributed by atoms with van der Waals surface area (Å²) >= 11 is 0.115. The van der Waals surface area contributed by atoms with E-state index in [0.717, 1.165) is 36.5 Å². The molecule has 1 saturated carbocycles. The van der Waals surface area contributed by atoms with E-state index >= 15 is 0 Å². The van der Waals surface area contributed by atoms with Crippen LogP contribution in [0.5, 0.6) is 0 Å². The number of nitrogens with zero attached hydrogens (tertiary/aromatic N) is 2. The van der Waals surface area contributed by atoms with Crippen molar-refractivity contribution in [2.24, 2.45) is 5.41 Å². The predicted octanol–water partition coefficient (Wildman–Crippen LogP) is 0.938. The first kappa shape index (κ1) is 29.7. The molecular weight excluding hydrogens is 627 g/mol. The normalized spacial score (nSPS) is 16.0. The van der Waals surface area contributed by atoms with Crippen molar-refractivity contribution in [1.82, 2.24) is 9.62 Å². The Morgan fingerprint density at radius 1 is 1.19 bits per heavy atom. The molecule has 9 nitrogen and oxygen atoms in total. The van der Waals surface area contributed by atoms with E-state index in [1.807, 2.05) is 44.4 Å². The van der Waals surface area contributed by atoms with Crippen LogP contribution in [0.15, 0.2) is 58.3 Å². The molecule has 1 atom stereocenters. The summed E-state index contributed by atoms with van der Waals surface area (Å²) in [4.78, 5) is 27.5. The van der Waals surface area contributed by atoms with Crippen molar-refractivity contribution >= 4 is 33.4 Å². The standard InChI is InChI=1S/C25H35IN4O5S2/c1-25(14-7-8-15-25)24(31)28-37(34,35)21-11-12-23(22(17-21)26-30(32)33)27-19(13-16-29(2)3)18-36-20-9-5-4-6-10-20/h4-6,9-12,17,19,27H,7-8,13-16,18H2,1-3H3,(H,28,31)(H,32,33)/t19-/m1/s1. The fraction of sp³-hybridized carbons (Fsp3) is 0.480. The molecule has 3 rings (SSSR count). The molecule has 37 heavy (non-hydrogen) atoms. The van der Waals surface area contributed by atoms with Gasteiger partial charge >= 0.3 is 235 Å². The molecule has 2 aromatic carbocycles. The van der Waals surface area contributed by atoms with Gasteiger partial charge in [-0.2, -0.15) is 0 Å². The third-order valence-corrected chi connectivity index (χ3v) is 10.7. The van der Waals surface area contributed by atoms with Gasteiger partial charge in [0.15, 0.2) is 0 Å². The average Bonchev–Trinajstić information content (AvgIpc) is 3.29. The Morgan fingerprint density at radius 3 is 2.49 bits per heavy atom. The first-order valence-corrected chi connectivity index (χ1v) is 16.6. The van der Waals surface area contributed by atoms with E-state index in [1.54, 1.807) is 24.8 Å². The minimum absolute atomic E-state index is 0.0265. The Bertz CT molecular complexity index is 1190. The van der Waals surface area contributed by atoms with E-state index in [-0.39, 0.29) is 14.1 Å². The number of anilines is 1. The van der Waals surface area contributed by atoms with E-state index < -0.39 is 42.8 Å². The number of rotatable bonds is 13. The van der Waals surface area contributed by atoms with Gasteiger partial charge in [0.25, 0.3) is 0 Å². The molecule has 0 saturated heterocycles. The molecule has 1 amide bonds. The topological polar surface area (TPSA) is 119 Å². The zero-order valence-corrected chi connectivity index (χ0v) is 25.1. The van der Waals surface area contributed by atoms with Crippen molar-refractivity contribution in [2.75, 3.05) is 31.7 Å². The second-order valence-electron chi connectivity index (χ2n) is 9.71. The number of amides is 1. The molecule has 0 radical (unpaired) electrons. The molecule has 0 heterocycles. The molecule has 0 aliphatic heterocycles. The molecule has 1 fully saturated rings. The van der Waals surface area contributed by atoms with Crippen LogP contribution in [0.4, 0.5) is 5.69 Å². The molecule has 1 aliphatic carbocycles. The maximum atomic E-state index is 13.0. The van der Waals surface area contributed by atoms with E-state index in [1.165, 1.54) is 12.1 Å². The van der Waals surface area contributed by atoms with Crippen molar-refractivity contribution in [2.45, 2.75) is 54.9 Å². The third-order valence-electron chi connectivity index (χ3n) is 6.38. The van der Waals surface area contributed by atoms with Crippen molar-refractivity contribution in [3.63, 3.8) is 0 Å². The van der Waals surface area contributed by atoms with Crippen molar-refractivity contribution < 1.29 is 43.0 Å². The molecule has 0 unspecified atom stereocenters. The third kappa shape index (κ3) is 8.82. The number of carbonyl (C=O) groups excluding carboxylic acids is 1. The second kappa shape index (κ2) is 13.3. The summed E-state index contributed by atoms with van der Waals surface area (Å²) in [5.74, 6) is 0.252. The van der Waals surface area contributed by atoms with Gasteiger partial charge in [-0.1, -0.05) is 0 Å². The Morgan fingerprint density at radius 2 is 1.86 bits per heavy atom. The quantitative estimate of drug-likeness (QED) is 0.126. The fourth-order valence-corrected chi connectivity index (χ4v) is 8.01. The molecule has 2 aromatic rings. The van der Waals surface area contributed by atoms with Crippen molar-refractivity contribution in [3.05, 3.63) is 57.0 Å². The zero-order valence-electron chi connectivity index (χ0n) is 21.3. The maximum absolute atomic E-state index is 13.0. The zero-order chi connectivity index (χ0) is 27.1. The Labute approximate surface area is 234 Å². The number of benzene rings is 2. The molecule has 3 N–H and O–H groups in total. The van der Waals surface area contributed by atoms with Gasteiger partial charge in [-0.15, -0.1) is 0 Å². The predicted molar refractivity (Wildman–Crippen MR) is 140 cm³/mol. The number of thioether (sulfide) groups is 1. The number of nitrogens with one attached hydrogen (secondary N) is 2. The summed E-state index contributed by atoms with van der Waals surface area (Å²) in [6.45, 7) is 2.62. The van der Waals surface area contributed by atoms with Gasteiger partial charge in [0, 0.05) is 0 Å². The molecule has 204 valence electrons. The Balaban J connectivity index is 1.82. The van der Waals surface area contributed by atoms with Crippen LogP contribution >= 0.6 is 11.8 Å². The molecule has 0 bridgehead atoms. The Hall–Kier alpha value is -1.90. The summed E-state index contributed by atoms with van der Waals surface area (Å²) in [7, 11) is -0.130. The van der Waals surface area contributed by atoms with Crippen LogP contribution in [-0.2, 0) is 14.8 Å². The number of halogens is 1. The van der Waals surface area contributed by atoms with Crippen LogP contribution in [0.25, 0.3) is 0 Å². The summed E-state index contributed by atoms with van der Waals surface area (Å²) in [6, 6.07) is 14.5. The monoisotopic (exact) mass is 662 g/mol. The van der Waals surface area contributed by atoms with Crippen LogP contribution in [-0.4, -0.2) is 60.0 Å². The van der Waals surface area contributed by atoms with Crippen molar-refractivity contribution in [3.8, 4) is 0 Å². The average molecular weight is 663 g/mol. The summed E-state index contributed by atoms with van der Waals surface area (Å²) in [6.07, 6.45) is 3.91. The fourth-order valence-electron chi connectivity index (χ4n) is 4.16. The molecule has 0 aromatic heterocycles. The first-order valence-electron chi connectivity index (χ1n) is 12.1. The minimum atomic E-state index is -4.13. The number of carbonyl (C=O) groups is 1. The second-order valence-corrected chi connectivity index (χ2v) is 15.0. The molecule has 12 heteroatoms. The van der Waals surface area contributed by atoms with Crippen molar-refractivity contribution in [1.29, 1.82) is 0 Å². The molecule has 1 aliphatic rings. The van der Waals surface area contributed by atoms with Gasteiger partial charge in [-0.25, -0.2) is 0 Å². The molecular formula is C25H35IN4O5S2. The van der Waals surface area contributed by atoms with Crippen LogP contribution in [0.1, 0.15) is 39.0 Å². The molecule has 0 spiro atoms. The van der Waals surface area contributed by atoms with E-state index in [9.17, 15) is 23.3 Å². The summed E-state index contributed by atoms with van der Waals surface area (Å²) in [5.41, 5.74) is -0.0923. The van der Waals surface area contributed by atoms with Gasteiger partial charge in [0.2, 0.25) is 0 Å². The van der Waals surface area contributed by atoms with E-state index in [4.69, 9.17) is 0 Å². The summed E-state index contributed by atoms with van der Waals surface area (Å²) < 4.78 is 28.6. The van der Waals surface area contributed by atoms with Crippen LogP contribution < -0.4 is 31.5 Å². The van der Waals surface area contributed by atoms with Gasteiger partial charge < -0.3 is 0 Å². The number of hydrogen-bond acceptors (Lipinski definition) is 7. The van der Waals surface area contributed by atoms with E-state index in [0.29, 0.717) is 22.1 Å². The van der Waals surface area contributed by atoms with Gasteiger partial charge in [-0.3, -0.25) is 0 Å². The summed E-state index contributed by atoms with van der Waals surface area (Å²) in [5, 5.41) is 12.9.